The molecular weight excluding hydrogens is 324 g/mol. The van der Waals surface area contributed by atoms with E-state index >= 15 is 0 Å². The molecule has 0 heterocycles. The lowest BCUT2D eigenvalue weighted by Crippen LogP contribution is -2.37. The standard InChI is InChI=1S/C14H24N2O4S2/c1-5-16(6-2)21(17,18)10-9-15-22(19,20)14-8-7-12(3)13(4)11-14/h7-8,11,15H,5-6,9-10H2,1-4H3. The van der Waals surface area contributed by atoms with Crippen molar-refractivity contribution in [3.05, 3.63) is 29.3 Å². The van der Waals surface area contributed by atoms with Crippen LogP contribution in [0.25, 0.3) is 0 Å². The van der Waals surface area contributed by atoms with Crippen molar-refractivity contribution in [2.75, 3.05) is 25.4 Å². The van der Waals surface area contributed by atoms with Crippen molar-refractivity contribution in [2.45, 2.75) is 32.6 Å². The lowest BCUT2D eigenvalue weighted by atomic mass is 10.1. The van der Waals surface area contributed by atoms with E-state index in [4.69, 9.17) is 0 Å². The molecule has 0 radical (unpaired) electrons. The average molecular weight is 348 g/mol. The number of aryl methyl sites for hydroxylation is 2. The molecule has 0 aliphatic rings. The summed E-state index contributed by atoms with van der Waals surface area (Å²) in [7, 11) is -7.13. The summed E-state index contributed by atoms with van der Waals surface area (Å²) in [5, 5.41) is 0. The van der Waals surface area contributed by atoms with E-state index in [0.29, 0.717) is 13.1 Å². The monoisotopic (exact) mass is 348 g/mol. The Balaban J connectivity index is 2.77. The van der Waals surface area contributed by atoms with Gasteiger partial charge in [-0.25, -0.2) is 25.9 Å². The van der Waals surface area contributed by atoms with Crippen LogP contribution in [-0.2, 0) is 20.0 Å². The van der Waals surface area contributed by atoms with E-state index in [9.17, 15) is 16.8 Å². The van der Waals surface area contributed by atoms with Crippen molar-refractivity contribution in [3.8, 4) is 0 Å². The third-order valence-electron chi connectivity index (χ3n) is 3.54. The molecule has 0 saturated heterocycles. The SMILES string of the molecule is CCN(CC)S(=O)(=O)CCNS(=O)(=O)c1ccc(C)c(C)c1. The first kappa shape index (κ1) is 19.1. The average Bonchev–Trinajstić information content (AvgIpc) is 2.42. The molecule has 0 unspecified atom stereocenters. The van der Waals surface area contributed by atoms with Crippen molar-refractivity contribution >= 4 is 20.0 Å². The smallest absolute Gasteiger partial charge is 0.212 e. The summed E-state index contributed by atoms with van der Waals surface area (Å²) < 4.78 is 52.0. The maximum Gasteiger partial charge on any atom is 0.240 e. The van der Waals surface area contributed by atoms with Gasteiger partial charge in [-0.3, -0.25) is 0 Å². The van der Waals surface area contributed by atoms with E-state index in [2.05, 4.69) is 4.72 Å². The van der Waals surface area contributed by atoms with Crippen LogP contribution in [0.2, 0.25) is 0 Å². The van der Waals surface area contributed by atoms with Crippen LogP contribution in [0.5, 0.6) is 0 Å². The second-order valence-corrected chi connectivity index (χ2v) is 8.90. The summed E-state index contributed by atoms with van der Waals surface area (Å²) in [6.07, 6.45) is 0. The fourth-order valence-corrected chi connectivity index (χ4v) is 4.67. The molecule has 0 fully saturated rings. The van der Waals surface area contributed by atoms with E-state index in [1.807, 2.05) is 13.8 Å². The largest absolute Gasteiger partial charge is 0.240 e. The number of hydrogen-bond donors (Lipinski definition) is 1. The number of rotatable bonds is 8. The molecule has 0 aromatic heterocycles. The van der Waals surface area contributed by atoms with Crippen molar-refractivity contribution in [3.63, 3.8) is 0 Å². The number of benzene rings is 1. The molecule has 1 aromatic rings. The lowest BCUT2D eigenvalue weighted by molar-refractivity contribution is 0.445. The van der Waals surface area contributed by atoms with Gasteiger partial charge in [-0.1, -0.05) is 19.9 Å². The molecule has 0 bridgehead atoms. The van der Waals surface area contributed by atoms with Crippen LogP contribution in [-0.4, -0.2) is 46.5 Å². The minimum absolute atomic E-state index is 0.145. The highest BCUT2D eigenvalue weighted by Crippen LogP contribution is 2.14. The summed E-state index contributed by atoms with van der Waals surface area (Å²) in [5.41, 5.74) is 1.88. The minimum Gasteiger partial charge on any atom is -0.212 e. The predicted molar refractivity (Wildman–Crippen MR) is 87.8 cm³/mol. The second kappa shape index (κ2) is 7.54. The van der Waals surface area contributed by atoms with Gasteiger partial charge in [-0.2, -0.15) is 0 Å². The Labute approximate surface area is 133 Å². The van der Waals surface area contributed by atoms with Gasteiger partial charge in [0.15, 0.2) is 0 Å². The van der Waals surface area contributed by atoms with Crippen molar-refractivity contribution in [1.82, 2.24) is 9.03 Å². The molecule has 0 spiro atoms. The lowest BCUT2D eigenvalue weighted by Gasteiger charge is -2.18. The van der Waals surface area contributed by atoms with Gasteiger partial charge in [-0.15, -0.1) is 0 Å². The molecule has 0 amide bonds. The maximum absolute atomic E-state index is 12.2. The van der Waals surface area contributed by atoms with E-state index < -0.39 is 20.0 Å². The molecule has 0 aliphatic heterocycles. The van der Waals surface area contributed by atoms with Gasteiger partial charge in [0.1, 0.15) is 0 Å². The van der Waals surface area contributed by atoms with Crippen LogP contribution in [0.3, 0.4) is 0 Å². The summed E-state index contributed by atoms with van der Waals surface area (Å²) in [6, 6.07) is 4.83. The maximum atomic E-state index is 12.2. The molecule has 22 heavy (non-hydrogen) atoms. The summed E-state index contributed by atoms with van der Waals surface area (Å²) in [4.78, 5) is 0.149. The topological polar surface area (TPSA) is 83.6 Å². The van der Waals surface area contributed by atoms with Crippen LogP contribution in [0.15, 0.2) is 23.1 Å². The summed E-state index contributed by atoms with van der Waals surface area (Å²) in [5.74, 6) is -0.251. The quantitative estimate of drug-likeness (QED) is 0.766. The molecule has 0 saturated carbocycles. The van der Waals surface area contributed by atoms with Crippen molar-refractivity contribution in [1.29, 1.82) is 0 Å². The number of sulfonamides is 2. The highest BCUT2D eigenvalue weighted by Gasteiger charge is 2.20. The molecule has 0 atom stereocenters. The van der Waals surface area contributed by atoms with Crippen LogP contribution >= 0.6 is 0 Å². The first-order chi connectivity index (χ1) is 10.1. The number of nitrogens with zero attached hydrogens (tertiary/aromatic N) is 1. The Kier molecular flexibility index (Phi) is 6.54. The van der Waals surface area contributed by atoms with Gasteiger partial charge < -0.3 is 0 Å². The molecule has 0 aliphatic carbocycles. The van der Waals surface area contributed by atoms with E-state index in [1.54, 1.807) is 26.0 Å². The summed E-state index contributed by atoms with van der Waals surface area (Å²) >= 11 is 0. The van der Waals surface area contributed by atoms with Gasteiger partial charge in [0, 0.05) is 19.6 Å². The Morgan fingerprint density at radius 3 is 2.09 bits per heavy atom. The van der Waals surface area contributed by atoms with Gasteiger partial charge in [0.25, 0.3) is 0 Å². The highest BCUT2D eigenvalue weighted by molar-refractivity contribution is 7.90. The van der Waals surface area contributed by atoms with E-state index in [0.717, 1.165) is 11.1 Å². The Hall–Kier alpha value is -0.960. The molecule has 1 rings (SSSR count). The summed E-state index contributed by atoms with van der Waals surface area (Å²) in [6.45, 7) is 7.84. The fourth-order valence-electron chi connectivity index (χ4n) is 2.02. The second-order valence-electron chi connectivity index (χ2n) is 5.04. The predicted octanol–water partition coefficient (Wildman–Crippen LogP) is 1.25. The first-order valence-electron chi connectivity index (χ1n) is 7.18. The van der Waals surface area contributed by atoms with Gasteiger partial charge >= 0.3 is 0 Å². The molecule has 1 N–H and O–H groups in total. The fraction of sp³-hybridized carbons (Fsp3) is 0.571. The van der Waals surface area contributed by atoms with Crippen LogP contribution < -0.4 is 4.72 Å². The molecular formula is C14H24N2O4S2. The first-order valence-corrected chi connectivity index (χ1v) is 10.3. The van der Waals surface area contributed by atoms with Gasteiger partial charge in [-0.05, 0) is 37.1 Å². The van der Waals surface area contributed by atoms with Crippen LogP contribution in [0.4, 0.5) is 0 Å². The Bertz CT molecular complexity index is 708. The molecule has 126 valence electrons. The molecule has 8 heteroatoms. The zero-order valence-electron chi connectivity index (χ0n) is 13.5. The Morgan fingerprint density at radius 2 is 1.59 bits per heavy atom. The zero-order chi connectivity index (χ0) is 17.0. The number of hydrogen-bond acceptors (Lipinski definition) is 4. The van der Waals surface area contributed by atoms with E-state index in [1.165, 1.54) is 10.4 Å². The zero-order valence-corrected chi connectivity index (χ0v) is 15.1. The third kappa shape index (κ3) is 4.77. The highest BCUT2D eigenvalue weighted by atomic mass is 32.2. The molecule has 6 nitrogen and oxygen atoms in total. The number of nitrogens with one attached hydrogen (secondary N) is 1. The third-order valence-corrected chi connectivity index (χ3v) is 7.02. The van der Waals surface area contributed by atoms with Crippen LogP contribution in [0, 0.1) is 13.8 Å². The van der Waals surface area contributed by atoms with E-state index in [-0.39, 0.29) is 17.2 Å². The minimum atomic E-state index is -3.69. The van der Waals surface area contributed by atoms with Crippen molar-refractivity contribution in [2.24, 2.45) is 0 Å². The van der Waals surface area contributed by atoms with Gasteiger partial charge in [0.2, 0.25) is 20.0 Å². The van der Waals surface area contributed by atoms with Gasteiger partial charge in [0.05, 0.1) is 10.6 Å². The normalized spacial score (nSPS) is 12.8. The van der Waals surface area contributed by atoms with Crippen molar-refractivity contribution < 1.29 is 16.8 Å². The molecule has 1 aromatic carbocycles. The van der Waals surface area contributed by atoms with Crippen LogP contribution in [0.1, 0.15) is 25.0 Å². The Morgan fingerprint density at radius 1 is 1.00 bits per heavy atom.